The maximum absolute atomic E-state index is 14.8. The molecule has 334 valence electrons. The summed E-state index contributed by atoms with van der Waals surface area (Å²) in [7, 11) is 0. The van der Waals surface area contributed by atoms with Gasteiger partial charge in [0, 0.05) is 59.2 Å². The van der Waals surface area contributed by atoms with Gasteiger partial charge in [0.25, 0.3) is 0 Å². The van der Waals surface area contributed by atoms with E-state index in [-0.39, 0.29) is 12.5 Å². The van der Waals surface area contributed by atoms with Crippen LogP contribution in [0.2, 0.25) is 0 Å². The van der Waals surface area contributed by atoms with Crippen LogP contribution in [0, 0.1) is 5.82 Å². The van der Waals surface area contributed by atoms with Crippen LogP contribution >= 0.6 is 11.8 Å². The molecule has 0 spiro atoms. The first-order valence-electron chi connectivity index (χ1n) is 24.5. The lowest BCUT2D eigenvalue weighted by atomic mass is 9.34. The van der Waals surface area contributed by atoms with Gasteiger partial charge in [-0.15, -0.1) is 0 Å². The first-order valence-corrected chi connectivity index (χ1v) is 25.3. The molecule has 4 heterocycles. The molecule has 1 aliphatic heterocycles. The van der Waals surface area contributed by atoms with Crippen LogP contribution in [0.1, 0.15) is 76.0 Å². The Morgan fingerprint density at radius 2 is 0.841 bits per heavy atom. The lowest BCUT2D eigenvalue weighted by Gasteiger charge is -2.32. The quantitative estimate of drug-likeness (QED) is 0.145. The Labute approximate surface area is 406 Å². The second-order valence-electron chi connectivity index (χ2n) is 19.9. The summed E-state index contributed by atoms with van der Waals surface area (Å²) in [5, 5.41) is 7.07. The Morgan fingerprint density at radius 1 is 0.406 bits per heavy atom. The minimum atomic E-state index is -0.253. The van der Waals surface area contributed by atoms with Crippen molar-refractivity contribution < 1.29 is 4.39 Å². The topological polar surface area (TPSA) is 14.8 Å². The summed E-state index contributed by atoms with van der Waals surface area (Å²) in [6.45, 7) is 14.2. The third-order valence-electron chi connectivity index (χ3n) is 14.9. The smallest absolute Gasteiger partial charge is 0.244 e. The molecule has 1 aliphatic rings. The van der Waals surface area contributed by atoms with E-state index in [1.807, 2.05) is 23.9 Å². The molecule has 6 heteroatoms. The Balaban J connectivity index is 1.19. The van der Waals surface area contributed by atoms with E-state index in [2.05, 4.69) is 213 Å². The van der Waals surface area contributed by atoms with Crippen LogP contribution in [0.5, 0.6) is 0 Å². The maximum atomic E-state index is 14.8. The van der Waals surface area contributed by atoms with E-state index in [9.17, 15) is 4.39 Å². The van der Waals surface area contributed by atoms with Crippen molar-refractivity contribution in [1.29, 1.82) is 0 Å². The molecule has 0 aliphatic carbocycles. The molecule has 9 aromatic carbocycles. The van der Waals surface area contributed by atoms with Crippen LogP contribution in [0.25, 0.3) is 82.5 Å². The van der Waals surface area contributed by atoms with Crippen molar-refractivity contribution >= 4 is 100 Å². The average Bonchev–Trinajstić information content (AvgIpc) is 4.02. The zero-order valence-corrected chi connectivity index (χ0v) is 40.6. The molecule has 69 heavy (non-hydrogen) atoms. The van der Waals surface area contributed by atoms with Crippen LogP contribution in [-0.4, -0.2) is 20.4 Å². The van der Waals surface area contributed by atoms with Crippen LogP contribution in [0.4, 0.5) is 4.39 Å². The summed E-state index contributed by atoms with van der Waals surface area (Å²) in [6, 6.07) is 65.8. The third-order valence-corrected chi connectivity index (χ3v) is 16.1. The van der Waals surface area contributed by atoms with Gasteiger partial charge in [-0.3, -0.25) is 0 Å². The predicted molar refractivity (Wildman–Crippen MR) is 293 cm³/mol. The monoisotopic (exact) mass is 911 g/mol. The van der Waals surface area contributed by atoms with Gasteiger partial charge >= 0.3 is 0 Å². The number of halogens is 1. The van der Waals surface area contributed by atoms with Gasteiger partial charge in [-0.05, 0) is 107 Å². The van der Waals surface area contributed by atoms with Gasteiger partial charge in [-0.2, -0.15) is 0 Å². The SMILES string of the molecule is CC(C)c1cc(C(C)C)c(B2c3ccccc3Sc3cc(-n4c5ccccc5c5c6c(c7ccccc7n6-c6ccc(F)cc6)c6c(c7ccccc7n6-c6ccccc6)c54)ccc32)c(C(C)C)c1. The first-order chi connectivity index (χ1) is 33.7. The molecule has 0 bridgehead atoms. The number of aromatic nitrogens is 3. The molecule has 0 unspecified atom stereocenters. The van der Waals surface area contributed by atoms with Crippen LogP contribution in [0.15, 0.2) is 192 Å². The standard InChI is InChI=1S/C63H51BFN3S/c1-37(2)40-34-48(38(3)4)60(49(35-40)39(5)6)64-50-23-13-17-27-55(50)69-56-36-44(32-33-51(56)64)68-54-26-16-12-22-47(54)59-62-57(46-21-11-15-25-53(46)67(62)43-30-28-41(65)29-31-43)61-58(63(59)68)45-20-10-14-24-52(45)66(61)42-18-8-7-9-19-42/h7-39H,1-6H3. The summed E-state index contributed by atoms with van der Waals surface area (Å²) in [5.41, 5.74) is 18.4. The molecular weight excluding hydrogens is 861 g/mol. The molecule has 3 nitrogen and oxygen atoms in total. The van der Waals surface area contributed by atoms with E-state index in [0.717, 1.165) is 55.5 Å². The van der Waals surface area contributed by atoms with Crippen LogP contribution in [-0.2, 0) is 0 Å². The molecule has 13 rings (SSSR count). The van der Waals surface area contributed by atoms with E-state index in [4.69, 9.17) is 0 Å². The van der Waals surface area contributed by atoms with E-state index in [0.29, 0.717) is 17.8 Å². The van der Waals surface area contributed by atoms with Crippen LogP contribution < -0.4 is 16.4 Å². The van der Waals surface area contributed by atoms with Gasteiger partial charge in [0.2, 0.25) is 6.71 Å². The van der Waals surface area contributed by atoms with Gasteiger partial charge in [0.15, 0.2) is 0 Å². The first kappa shape index (κ1) is 41.9. The fraction of sp³-hybridized carbons (Fsp3) is 0.143. The van der Waals surface area contributed by atoms with Crippen molar-refractivity contribution in [2.75, 3.05) is 0 Å². The van der Waals surface area contributed by atoms with Crippen LogP contribution in [0.3, 0.4) is 0 Å². The van der Waals surface area contributed by atoms with Gasteiger partial charge in [-0.1, -0.05) is 179 Å². The summed E-state index contributed by atoms with van der Waals surface area (Å²) < 4.78 is 22.2. The van der Waals surface area contributed by atoms with Crippen molar-refractivity contribution in [1.82, 2.24) is 13.7 Å². The van der Waals surface area contributed by atoms with E-state index >= 15 is 0 Å². The average molecular weight is 912 g/mol. The maximum Gasteiger partial charge on any atom is 0.244 e. The zero-order chi connectivity index (χ0) is 46.8. The summed E-state index contributed by atoms with van der Waals surface area (Å²) >= 11 is 1.90. The number of nitrogens with zero attached hydrogens (tertiary/aromatic N) is 3. The minimum Gasteiger partial charge on any atom is -0.308 e. The molecule has 0 fully saturated rings. The molecule has 0 atom stereocenters. The van der Waals surface area contributed by atoms with Gasteiger partial charge < -0.3 is 13.7 Å². The normalized spacial score (nSPS) is 12.9. The molecule has 3 aromatic heterocycles. The highest BCUT2D eigenvalue weighted by Crippen LogP contribution is 2.50. The summed E-state index contributed by atoms with van der Waals surface area (Å²) in [5.74, 6) is 0.911. The highest BCUT2D eigenvalue weighted by molar-refractivity contribution is 8.00. The van der Waals surface area contributed by atoms with Gasteiger partial charge in [-0.25, -0.2) is 4.39 Å². The highest BCUT2D eigenvalue weighted by atomic mass is 32.2. The number of para-hydroxylation sites is 4. The molecule has 0 amide bonds. The number of fused-ring (bicyclic) bond motifs is 14. The zero-order valence-electron chi connectivity index (χ0n) is 39.8. The second kappa shape index (κ2) is 15.9. The van der Waals surface area contributed by atoms with Gasteiger partial charge in [0.05, 0.1) is 33.1 Å². The van der Waals surface area contributed by atoms with Crippen molar-refractivity contribution in [3.8, 4) is 17.1 Å². The Morgan fingerprint density at radius 3 is 1.36 bits per heavy atom. The Kier molecular flexibility index (Phi) is 9.65. The lowest BCUT2D eigenvalue weighted by molar-refractivity contribution is 0.627. The van der Waals surface area contributed by atoms with Crippen molar-refractivity contribution in [3.05, 3.63) is 204 Å². The Bertz CT molecular complexity index is 4010. The van der Waals surface area contributed by atoms with E-state index in [1.165, 1.54) is 69.8 Å². The molecule has 12 aromatic rings. The molecule has 0 N–H and O–H groups in total. The van der Waals surface area contributed by atoms with Crippen molar-refractivity contribution in [3.63, 3.8) is 0 Å². The molecular formula is C63H51BFN3S. The fourth-order valence-electron chi connectivity index (χ4n) is 11.9. The van der Waals surface area contributed by atoms with E-state index in [1.54, 1.807) is 12.1 Å². The summed E-state index contributed by atoms with van der Waals surface area (Å²) in [6.07, 6.45) is 0. The third kappa shape index (κ3) is 6.20. The predicted octanol–water partition coefficient (Wildman–Crippen LogP) is 15.5. The van der Waals surface area contributed by atoms with Crippen molar-refractivity contribution in [2.24, 2.45) is 0 Å². The minimum absolute atomic E-state index is 0.0854. The van der Waals surface area contributed by atoms with Gasteiger partial charge in [0.1, 0.15) is 5.82 Å². The Hall–Kier alpha value is -7.28. The number of benzene rings is 9. The molecule has 0 radical (unpaired) electrons. The molecule has 0 saturated carbocycles. The lowest BCUT2D eigenvalue weighted by Crippen LogP contribution is -2.57. The second-order valence-corrected chi connectivity index (χ2v) is 21.0. The van der Waals surface area contributed by atoms with E-state index < -0.39 is 0 Å². The fourth-order valence-corrected chi connectivity index (χ4v) is 13.0. The van der Waals surface area contributed by atoms with Crippen molar-refractivity contribution in [2.45, 2.75) is 69.1 Å². The number of hydrogen-bond donors (Lipinski definition) is 0. The number of hydrogen-bond acceptors (Lipinski definition) is 1. The number of rotatable bonds is 7. The molecule has 0 saturated heterocycles. The largest absolute Gasteiger partial charge is 0.308 e. The highest BCUT2D eigenvalue weighted by Gasteiger charge is 2.36. The summed E-state index contributed by atoms with van der Waals surface area (Å²) in [4.78, 5) is 2.59.